The fraction of sp³-hybridized carbons (Fsp3) is 0.269. The Morgan fingerprint density at radius 1 is 1.16 bits per heavy atom. The van der Waals surface area contributed by atoms with E-state index in [2.05, 4.69) is 15.0 Å². The van der Waals surface area contributed by atoms with Crippen LogP contribution in [0.2, 0.25) is 10.4 Å². The molecule has 1 aliphatic carbocycles. The molecule has 0 radical (unpaired) electrons. The van der Waals surface area contributed by atoms with Crippen LogP contribution in [0, 0.1) is 11.6 Å². The minimum atomic E-state index is -0.609. The van der Waals surface area contributed by atoms with Gasteiger partial charge in [-0.1, -0.05) is 17.7 Å². The van der Waals surface area contributed by atoms with Crippen molar-refractivity contribution in [3.63, 3.8) is 0 Å². The molecule has 2 heterocycles. The van der Waals surface area contributed by atoms with Gasteiger partial charge in [0.2, 0.25) is 5.28 Å². The van der Waals surface area contributed by atoms with Crippen molar-refractivity contribution in [1.82, 2.24) is 19.5 Å². The molecule has 11 heteroatoms. The van der Waals surface area contributed by atoms with Crippen LogP contribution in [0.1, 0.15) is 35.6 Å². The van der Waals surface area contributed by atoms with E-state index < -0.39 is 11.6 Å². The zero-order valence-corrected chi connectivity index (χ0v) is 21.5. The number of halogens is 4. The second-order valence-corrected chi connectivity index (χ2v) is 9.62. The lowest BCUT2D eigenvalue weighted by molar-refractivity contribution is 0.311. The Labute approximate surface area is 222 Å². The summed E-state index contributed by atoms with van der Waals surface area (Å²) in [5, 5.41) is 0.472. The minimum Gasteiger partial charge on any atom is -0.491 e. The van der Waals surface area contributed by atoms with E-state index in [0.717, 1.165) is 17.3 Å². The van der Waals surface area contributed by atoms with Gasteiger partial charge in [-0.25, -0.2) is 23.7 Å². The molecule has 0 saturated carbocycles. The van der Waals surface area contributed by atoms with Crippen LogP contribution in [0.4, 0.5) is 20.3 Å². The number of rotatable bonds is 8. The molecule has 0 spiro atoms. The van der Waals surface area contributed by atoms with Gasteiger partial charge in [-0.2, -0.15) is 0 Å². The number of nitrogens with zero attached hydrogens (tertiary/aromatic N) is 5. The summed E-state index contributed by atoms with van der Waals surface area (Å²) in [7, 11) is 1.92. The first-order valence-corrected chi connectivity index (χ1v) is 12.5. The van der Waals surface area contributed by atoms with E-state index in [4.69, 9.17) is 33.7 Å². The normalized spacial score (nSPS) is 14.6. The highest BCUT2D eigenvalue weighted by atomic mass is 35.5. The highest BCUT2D eigenvalue weighted by molar-refractivity contribution is 6.29. The van der Waals surface area contributed by atoms with Crippen molar-refractivity contribution in [2.45, 2.75) is 25.2 Å². The van der Waals surface area contributed by atoms with Crippen LogP contribution in [0.5, 0.6) is 5.75 Å². The number of anilines is 2. The van der Waals surface area contributed by atoms with Gasteiger partial charge >= 0.3 is 0 Å². The van der Waals surface area contributed by atoms with Crippen molar-refractivity contribution >= 4 is 34.7 Å². The van der Waals surface area contributed by atoms with Gasteiger partial charge in [0.1, 0.15) is 34.7 Å². The van der Waals surface area contributed by atoms with Gasteiger partial charge in [0.05, 0.1) is 18.0 Å². The van der Waals surface area contributed by atoms with E-state index in [-0.39, 0.29) is 11.2 Å². The molecule has 1 unspecified atom stereocenters. The average molecular weight is 545 g/mol. The van der Waals surface area contributed by atoms with E-state index in [0.29, 0.717) is 66.1 Å². The molecule has 0 fully saturated rings. The van der Waals surface area contributed by atoms with Crippen LogP contribution in [-0.2, 0) is 6.42 Å². The van der Waals surface area contributed by atoms with E-state index >= 15 is 0 Å². The third-order valence-electron chi connectivity index (χ3n) is 6.41. The Morgan fingerprint density at radius 2 is 2.00 bits per heavy atom. The number of aromatic nitrogens is 4. The number of hydrogen-bond acceptors (Lipinski definition) is 6. The molecule has 0 bridgehead atoms. The molecule has 0 saturated heterocycles. The van der Waals surface area contributed by atoms with E-state index in [1.807, 2.05) is 18.0 Å². The highest BCUT2D eigenvalue weighted by Crippen LogP contribution is 2.41. The molecule has 2 aromatic carbocycles. The monoisotopic (exact) mass is 544 g/mol. The molecule has 2 aromatic heterocycles. The fourth-order valence-electron chi connectivity index (χ4n) is 4.70. The molecule has 37 heavy (non-hydrogen) atoms. The van der Waals surface area contributed by atoms with E-state index in [9.17, 15) is 8.78 Å². The molecule has 2 N–H and O–H groups in total. The van der Waals surface area contributed by atoms with Gasteiger partial charge in [-0.3, -0.25) is 0 Å². The largest absolute Gasteiger partial charge is 0.491 e. The maximum Gasteiger partial charge on any atom is 0.224 e. The average Bonchev–Trinajstić information content (AvgIpc) is 3.47. The maximum absolute atomic E-state index is 14.5. The standard InChI is InChI=1S/C26H24Cl2F2N6O/c1-35(9-2-10-37-22-12-16(31)4-8-21(22)36-13-23(27)32-14-36)25-19-7-6-18(24(19)33-26(28)34-25)17-5-3-15(29)11-20(17)30/h3-5,8,11-14,18H,2,6-7,9-10,31H2,1H3. The predicted octanol–water partition coefficient (Wildman–Crippen LogP) is 5.81. The Morgan fingerprint density at radius 3 is 2.76 bits per heavy atom. The van der Waals surface area contributed by atoms with Crippen LogP contribution in [0.15, 0.2) is 48.9 Å². The summed E-state index contributed by atoms with van der Waals surface area (Å²) in [6.07, 6.45) is 5.30. The second kappa shape index (κ2) is 10.5. The lowest BCUT2D eigenvalue weighted by Gasteiger charge is -2.22. The van der Waals surface area contributed by atoms with Crippen LogP contribution < -0.4 is 15.4 Å². The van der Waals surface area contributed by atoms with Crippen LogP contribution in [0.25, 0.3) is 5.69 Å². The number of benzene rings is 2. The van der Waals surface area contributed by atoms with Crippen molar-refractivity contribution < 1.29 is 13.5 Å². The number of nitrogen functional groups attached to an aromatic ring is 1. The van der Waals surface area contributed by atoms with Crippen molar-refractivity contribution in [1.29, 1.82) is 0 Å². The Kier molecular flexibility index (Phi) is 7.17. The van der Waals surface area contributed by atoms with Gasteiger partial charge in [0, 0.05) is 49.1 Å². The van der Waals surface area contributed by atoms with Gasteiger partial charge in [-0.15, -0.1) is 0 Å². The topological polar surface area (TPSA) is 82.1 Å². The lowest BCUT2D eigenvalue weighted by Crippen LogP contribution is -2.23. The first-order chi connectivity index (χ1) is 17.8. The summed E-state index contributed by atoms with van der Waals surface area (Å²) in [5.74, 6) is -0.171. The van der Waals surface area contributed by atoms with E-state index in [1.165, 1.54) is 12.1 Å². The first kappa shape index (κ1) is 25.2. The molecule has 4 aromatic rings. The molecule has 1 atom stereocenters. The van der Waals surface area contributed by atoms with Gasteiger partial charge in [0.25, 0.3) is 0 Å². The molecular weight excluding hydrogens is 521 g/mol. The summed E-state index contributed by atoms with van der Waals surface area (Å²) in [4.78, 5) is 14.9. The number of fused-ring (bicyclic) bond motifs is 1. The quantitative estimate of drug-likeness (QED) is 0.171. The first-order valence-electron chi connectivity index (χ1n) is 11.7. The predicted molar refractivity (Wildman–Crippen MR) is 140 cm³/mol. The lowest BCUT2D eigenvalue weighted by atomic mass is 9.96. The number of imidazole rings is 1. The third-order valence-corrected chi connectivity index (χ3v) is 6.78. The Bertz CT molecular complexity index is 1450. The fourth-order valence-corrected chi connectivity index (χ4v) is 5.02. The summed E-state index contributed by atoms with van der Waals surface area (Å²) in [6, 6.07) is 9.04. The summed E-state index contributed by atoms with van der Waals surface area (Å²) >= 11 is 12.2. The summed E-state index contributed by atoms with van der Waals surface area (Å²) in [6.45, 7) is 1.05. The molecule has 1 aliphatic rings. The van der Waals surface area contributed by atoms with Crippen LogP contribution >= 0.6 is 23.2 Å². The third kappa shape index (κ3) is 5.33. The second-order valence-electron chi connectivity index (χ2n) is 8.89. The van der Waals surface area contributed by atoms with Crippen molar-refractivity contribution in [3.05, 3.63) is 87.8 Å². The molecule has 0 amide bonds. The highest BCUT2D eigenvalue weighted by Gasteiger charge is 2.32. The summed E-state index contributed by atoms with van der Waals surface area (Å²) < 4.78 is 35.8. The van der Waals surface area contributed by atoms with E-state index in [1.54, 1.807) is 29.2 Å². The zero-order valence-electron chi connectivity index (χ0n) is 20.0. The van der Waals surface area contributed by atoms with Crippen LogP contribution in [0.3, 0.4) is 0 Å². The van der Waals surface area contributed by atoms with Crippen LogP contribution in [-0.4, -0.2) is 39.7 Å². The molecule has 5 rings (SSSR count). The molecule has 0 aliphatic heterocycles. The number of nitrogens with two attached hydrogens (primary N) is 1. The molecule has 7 nitrogen and oxygen atoms in total. The maximum atomic E-state index is 14.5. The minimum absolute atomic E-state index is 0.0923. The Hall–Kier alpha value is -3.43. The van der Waals surface area contributed by atoms with Crippen molar-refractivity contribution in [2.24, 2.45) is 0 Å². The smallest absolute Gasteiger partial charge is 0.224 e. The summed E-state index contributed by atoms with van der Waals surface area (Å²) in [5.41, 5.74) is 9.36. The number of hydrogen-bond donors (Lipinski definition) is 1. The van der Waals surface area contributed by atoms with Gasteiger partial charge < -0.3 is 19.9 Å². The zero-order chi connectivity index (χ0) is 26.1. The van der Waals surface area contributed by atoms with Crippen molar-refractivity contribution in [3.8, 4) is 11.4 Å². The van der Waals surface area contributed by atoms with Crippen molar-refractivity contribution in [2.75, 3.05) is 30.8 Å². The van der Waals surface area contributed by atoms with Gasteiger partial charge in [-0.05, 0) is 54.6 Å². The number of ether oxygens (including phenoxy) is 1. The molecular formula is C26H24Cl2F2N6O. The van der Waals surface area contributed by atoms with Gasteiger partial charge in [0.15, 0.2) is 0 Å². The molecule has 192 valence electrons. The SMILES string of the molecule is CN(CCCOc1cc(N)ccc1-n1cnc(Cl)c1)c1nc(Cl)nc2c1CCC2c1ccc(F)cc1F. The Balaban J connectivity index is 1.28.